The van der Waals surface area contributed by atoms with Crippen molar-refractivity contribution in [2.75, 3.05) is 6.61 Å². The summed E-state index contributed by atoms with van der Waals surface area (Å²) in [6, 6.07) is 9.22. The van der Waals surface area contributed by atoms with Gasteiger partial charge in [0.1, 0.15) is 11.8 Å². The maximum Gasteiger partial charge on any atom is 0.262 e. The Labute approximate surface area is 194 Å². The van der Waals surface area contributed by atoms with Crippen molar-refractivity contribution in [1.29, 1.82) is 0 Å². The second kappa shape index (κ2) is 11.3. The predicted octanol–water partition coefficient (Wildman–Crippen LogP) is 5.06. The molecule has 2 aromatic carbocycles. The lowest BCUT2D eigenvalue weighted by Crippen LogP contribution is -2.48. The van der Waals surface area contributed by atoms with E-state index in [1.807, 2.05) is 39.0 Å². The van der Waals surface area contributed by atoms with Crippen LogP contribution in [0.5, 0.6) is 5.75 Å². The van der Waals surface area contributed by atoms with Gasteiger partial charge >= 0.3 is 0 Å². The molecule has 0 aromatic heterocycles. The van der Waals surface area contributed by atoms with Crippen molar-refractivity contribution in [3.8, 4) is 5.75 Å². The van der Waals surface area contributed by atoms with Crippen molar-refractivity contribution in [2.45, 2.75) is 26.8 Å². The molecule has 160 valence electrons. The third kappa shape index (κ3) is 6.72. The van der Waals surface area contributed by atoms with Gasteiger partial charge < -0.3 is 10.1 Å². The molecule has 0 aliphatic carbocycles. The fraction of sp³-hybridized carbons (Fsp3) is 0.286. The molecule has 0 aliphatic heterocycles. The molecule has 1 atom stereocenters. The molecule has 0 heterocycles. The Morgan fingerprint density at radius 1 is 1.17 bits per heavy atom. The first kappa shape index (κ1) is 24.2. The van der Waals surface area contributed by atoms with E-state index in [1.165, 1.54) is 18.3 Å². The van der Waals surface area contributed by atoms with E-state index in [2.05, 4.69) is 31.8 Å². The molecule has 30 heavy (non-hydrogen) atoms. The monoisotopic (exact) mass is 513 g/mol. The van der Waals surface area contributed by atoms with Crippen molar-refractivity contribution < 1.29 is 14.3 Å². The van der Waals surface area contributed by atoms with E-state index in [1.54, 1.807) is 6.07 Å². The third-order valence-electron chi connectivity index (χ3n) is 4.07. The standard InChI is InChI=1S/C21H22BrCl2N3O3/c1-4-30-18-8-6-15(22)9-14(18)11-25-27-21(29)19(12(2)3)26-20(28)13-5-7-16(23)17(24)10-13/h5-12,19H,4H2,1-3H3,(H,26,28)(H,27,29). The maximum atomic E-state index is 12.6. The van der Waals surface area contributed by atoms with Crippen molar-refractivity contribution in [3.05, 3.63) is 62.0 Å². The van der Waals surface area contributed by atoms with Crippen molar-refractivity contribution >= 4 is 57.2 Å². The number of nitrogens with one attached hydrogen (secondary N) is 2. The molecule has 0 spiro atoms. The number of hydrogen-bond donors (Lipinski definition) is 2. The minimum Gasteiger partial charge on any atom is -0.493 e. The van der Waals surface area contributed by atoms with Crippen molar-refractivity contribution in [2.24, 2.45) is 11.0 Å². The summed E-state index contributed by atoms with van der Waals surface area (Å²) in [5, 5.41) is 7.34. The fourth-order valence-electron chi connectivity index (χ4n) is 2.54. The first-order valence-corrected chi connectivity index (χ1v) is 10.8. The maximum absolute atomic E-state index is 12.6. The average Bonchev–Trinajstić information content (AvgIpc) is 2.69. The van der Waals surface area contributed by atoms with Crippen LogP contribution >= 0.6 is 39.1 Å². The Kier molecular flexibility index (Phi) is 9.14. The summed E-state index contributed by atoms with van der Waals surface area (Å²) in [5.41, 5.74) is 3.49. The van der Waals surface area contributed by atoms with Crippen LogP contribution in [0, 0.1) is 5.92 Å². The Hall–Kier alpha value is -2.09. The summed E-state index contributed by atoms with van der Waals surface area (Å²) in [5.74, 6) is -0.400. The summed E-state index contributed by atoms with van der Waals surface area (Å²) >= 11 is 15.3. The molecule has 1 unspecified atom stereocenters. The Balaban J connectivity index is 2.09. The highest BCUT2D eigenvalue weighted by atomic mass is 79.9. The molecule has 0 bridgehead atoms. The van der Waals surface area contributed by atoms with Gasteiger partial charge in [0, 0.05) is 15.6 Å². The highest BCUT2D eigenvalue weighted by molar-refractivity contribution is 9.10. The van der Waals surface area contributed by atoms with Gasteiger partial charge in [-0.1, -0.05) is 53.0 Å². The lowest BCUT2D eigenvalue weighted by atomic mass is 10.0. The third-order valence-corrected chi connectivity index (χ3v) is 5.30. The van der Waals surface area contributed by atoms with Crippen LogP contribution in [0.2, 0.25) is 10.0 Å². The molecule has 0 radical (unpaired) electrons. The van der Waals surface area contributed by atoms with Crippen LogP contribution in [0.4, 0.5) is 0 Å². The van der Waals surface area contributed by atoms with Crippen molar-refractivity contribution in [3.63, 3.8) is 0 Å². The lowest BCUT2D eigenvalue weighted by molar-refractivity contribution is -0.123. The topological polar surface area (TPSA) is 79.8 Å². The van der Waals surface area contributed by atoms with Crippen LogP contribution in [0.3, 0.4) is 0 Å². The molecule has 0 saturated heterocycles. The van der Waals surface area contributed by atoms with Gasteiger partial charge in [-0.2, -0.15) is 5.10 Å². The Morgan fingerprint density at radius 3 is 2.53 bits per heavy atom. The Morgan fingerprint density at radius 2 is 1.90 bits per heavy atom. The van der Waals surface area contributed by atoms with Crippen LogP contribution in [0.1, 0.15) is 36.7 Å². The molecular weight excluding hydrogens is 493 g/mol. The number of carbonyl (C=O) groups is 2. The summed E-state index contributed by atoms with van der Waals surface area (Å²) < 4.78 is 6.41. The van der Waals surface area contributed by atoms with Crippen LogP contribution in [-0.2, 0) is 4.79 Å². The summed E-state index contributed by atoms with van der Waals surface area (Å²) in [6.45, 7) is 6.04. The van der Waals surface area contributed by atoms with Gasteiger partial charge in [0.25, 0.3) is 11.8 Å². The Bertz CT molecular complexity index is 951. The molecule has 9 heteroatoms. The zero-order valence-corrected chi connectivity index (χ0v) is 19.8. The molecule has 0 aliphatic rings. The molecule has 6 nitrogen and oxygen atoms in total. The number of amides is 2. The van der Waals surface area contributed by atoms with Crippen molar-refractivity contribution in [1.82, 2.24) is 10.7 Å². The molecule has 2 amide bonds. The number of benzene rings is 2. The zero-order chi connectivity index (χ0) is 22.3. The average molecular weight is 515 g/mol. The van der Waals surface area contributed by atoms with Crippen LogP contribution in [0.15, 0.2) is 46.0 Å². The number of nitrogens with zero attached hydrogens (tertiary/aromatic N) is 1. The van der Waals surface area contributed by atoms with E-state index >= 15 is 0 Å². The minimum atomic E-state index is -0.794. The van der Waals surface area contributed by atoms with Crippen LogP contribution in [-0.4, -0.2) is 30.7 Å². The number of ether oxygens (including phenoxy) is 1. The largest absolute Gasteiger partial charge is 0.493 e. The summed E-state index contributed by atoms with van der Waals surface area (Å²) in [6.07, 6.45) is 1.49. The fourth-order valence-corrected chi connectivity index (χ4v) is 3.22. The first-order chi connectivity index (χ1) is 14.2. The number of rotatable bonds is 8. The van der Waals surface area contributed by atoms with Gasteiger partial charge in [0.05, 0.1) is 22.9 Å². The van der Waals surface area contributed by atoms with Gasteiger partial charge in [0.15, 0.2) is 0 Å². The highest BCUT2D eigenvalue weighted by Crippen LogP contribution is 2.23. The minimum absolute atomic E-state index is 0.170. The van der Waals surface area contributed by atoms with Crippen LogP contribution < -0.4 is 15.5 Å². The second-order valence-corrected chi connectivity index (χ2v) is 8.40. The first-order valence-electron chi connectivity index (χ1n) is 9.24. The summed E-state index contributed by atoms with van der Waals surface area (Å²) in [4.78, 5) is 25.1. The van der Waals surface area contributed by atoms with Gasteiger partial charge in [-0.05, 0) is 49.2 Å². The molecule has 2 N–H and O–H groups in total. The highest BCUT2D eigenvalue weighted by Gasteiger charge is 2.24. The van der Waals surface area contributed by atoms with Gasteiger partial charge in [-0.3, -0.25) is 9.59 Å². The number of hydrazone groups is 1. The molecular formula is C21H22BrCl2N3O3. The number of carbonyl (C=O) groups excluding carboxylic acids is 2. The molecule has 0 fully saturated rings. The van der Waals surface area contributed by atoms with E-state index < -0.39 is 17.9 Å². The molecule has 2 aromatic rings. The second-order valence-electron chi connectivity index (χ2n) is 6.67. The van der Waals surface area contributed by atoms with E-state index in [9.17, 15) is 9.59 Å². The smallest absolute Gasteiger partial charge is 0.262 e. The summed E-state index contributed by atoms with van der Waals surface area (Å²) in [7, 11) is 0. The van der Waals surface area contributed by atoms with Crippen LogP contribution in [0.25, 0.3) is 0 Å². The zero-order valence-electron chi connectivity index (χ0n) is 16.7. The van der Waals surface area contributed by atoms with E-state index in [0.717, 1.165) is 4.47 Å². The predicted molar refractivity (Wildman–Crippen MR) is 124 cm³/mol. The lowest BCUT2D eigenvalue weighted by Gasteiger charge is -2.20. The number of halogens is 3. The van der Waals surface area contributed by atoms with Gasteiger partial charge in [-0.15, -0.1) is 0 Å². The van der Waals surface area contributed by atoms with E-state index in [0.29, 0.717) is 28.5 Å². The molecule has 2 rings (SSSR count). The van der Waals surface area contributed by atoms with E-state index in [4.69, 9.17) is 27.9 Å². The quantitative estimate of drug-likeness (QED) is 0.381. The van der Waals surface area contributed by atoms with Gasteiger partial charge in [-0.25, -0.2) is 5.43 Å². The van der Waals surface area contributed by atoms with Gasteiger partial charge in [0.2, 0.25) is 0 Å². The SMILES string of the molecule is CCOc1ccc(Br)cc1C=NNC(=O)C(NC(=O)c1ccc(Cl)c(Cl)c1)C(C)C. The number of hydrogen-bond acceptors (Lipinski definition) is 4. The normalized spacial score (nSPS) is 12.1. The molecule has 0 saturated carbocycles. The van der Waals surface area contributed by atoms with E-state index in [-0.39, 0.29) is 10.9 Å².